The standard InChI is InChI=1S/C10H10O5/c11-6-3-5(6)9-7(12)1-4(10(14)15)2-8(9)13/h4-5,9H,1-3H2,(H,14,15). The first-order valence-electron chi connectivity index (χ1n) is 4.81. The summed E-state index contributed by atoms with van der Waals surface area (Å²) in [6.07, 6.45) is 0.0604. The number of hydrogen-bond donors (Lipinski definition) is 1. The summed E-state index contributed by atoms with van der Waals surface area (Å²) in [6.45, 7) is 0. The lowest BCUT2D eigenvalue weighted by Gasteiger charge is -2.22. The highest BCUT2D eigenvalue weighted by Crippen LogP contribution is 2.38. The number of carboxylic acid groups (broad SMARTS) is 1. The molecular formula is C10H10O5. The second-order valence-corrected chi connectivity index (χ2v) is 4.13. The summed E-state index contributed by atoms with van der Waals surface area (Å²) in [5, 5.41) is 8.69. The molecule has 80 valence electrons. The van der Waals surface area contributed by atoms with Gasteiger partial charge in [0, 0.05) is 25.2 Å². The van der Waals surface area contributed by atoms with E-state index in [9.17, 15) is 19.2 Å². The number of carboxylic acids is 1. The molecule has 0 heterocycles. The molecule has 0 amide bonds. The zero-order chi connectivity index (χ0) is 11.2. The summed E-state index contributed by atoms with van der Waals surface area (Å²) in [4.78, 5) is 44.5. The molecule has 2 saturated carbocycles. The van der Waals surface area contributed by atoms with Crippen molar-refractivity contribution >= 4 is 23.3 Å². The number of Topliss-reactive ketones (excluding diaryl/α,β-unsaturated/α-hetero) is 3. The highest BCUT2D eigenvalue weighted by Gasteiger charge is 2.51. The Hall–Kier alpha value is -1.52. The molecule has 2 aliphatic carbocycles. The molecule has 15 heavy (non-hydrogen) atoms. The van der Waals surface area contributed by atoms with E-state index in [4.69, 9.17) is 5.11 Å². The van der Waals surface area contributed by atoms with Crippen LogP contribution in [0, 0.1) is 17.8 Å². The first-order valence-corrected chi connectivity index (χ1v) is 4.81. The van der Waals surface area contributed by atoms with Crippen LogP contribution in [0.1, 0.15) is 19.3 Å². The van der Waals surface area contributed by atoms with Gasteiger partial charge < -0.3 is 5.11 Å². The van der Waals surface area contributed by atoms with Crippen LogP contribution in [-0.4, -0.2) is 28.4 Å². The number of rotatable bonds is 2. The second kappa shape index (κ2) is 3.25. The lowest BCUT2D eigenvalue weighted by Crippen LogP contribution is -2.37. The summed E-state index contributed by atoms with van der Waals surface area (Å²) in [5.41, 5.74) is 0. The van der Waals surface area contributed by atoms with Crippen LogP contribution in [0.15, 0.2) is 0 Å². The average molecular weight is 210 g/mol. The molecule has 1 N–H and O–H groups in total. The maximum Gasteiger partial charge on any atom is 0.307 e. The zero-order valence-electron chi connectivity index (χ0n) is 7.93. The molecule has 2 fully saturated rings. The van der Waals surface area contributed by atoms with E-state index in [0.717, 1.165) is 0 Å². The zero-order valence-corrected chi connectivity index (χ0v) is 7.93. The Morgan fingerprint density at radius 3 is 1.80 bits per heavy atom. The van der Waals surface area contributed by atoms with Crippen molar-refractivity contribution in [3.8, 4) is 0 Å². The third kappa shape index (κ3) is 1.69. The average Bonchev–Trinajstić information content (AvgIpc) is 2.81. The molecular weight excluding hydrogens is 200 g/mol. The fourth-order valence-corrected chi connectivity index (χ4v) is 2.08. The van der Waals surface area contributed by atoms with Crippen molar-refractivity contribution in [2.45, 2.75) is 19.3 Å². The van der Waals surface area contributed by atoms with Crippen molar-refractivity contribution in [2.75, 3.05) is 0 Å². The van der Waals surface area contributed by atoms with Crippen LogP contribution in [0.25, 0.3) is 0 Å². The Morgan fingerprint density at radius 1 is 1.00 bits per heavy atom. The molecule has 1 unspecified atom stereocenters. The number of hydrogen-bond acceptors (Lipinski definition) is 4. The van der Waals surface area contributed by atoms with E-state index >= 15 is 0 Å². The van der Waals surface area contributed by atoms with Crippen LogP contribution in [0.5, 0.6) is 0 Å². The van der Waals surface area contributed by atoms with Crippen LogP contribution in [0.4, 0.5) is 0 Å². The number of carbonyl (C=O) groups excluding carboxylic acids is 3. The van der Waals surface area contributed by atoms with Gasteiger partial charge in [-0.25, -0.2) is 0 Å². The lowest BCUT2D eigenvalue weighted by molar-refractivity contribution is -0.151. The minimum absolute atomic E-state index is 0.0597. The normalized spacial score (nSPS) is 35.5. The van der Waals surface area contributed by atoms with E-state index in [0.29, 0.717) is 6.42 Å². The van der Waals surface area contributed by atoms with Crippen molar-refractivity contribution in [1.82, 2.24) is 0 Å². The first-order chi connectivity index (χ1) is 7.00. The van der Waals surface area contributed by atoms with Crippen LogP contribution in [-0.2, 0) is 19.2 Å². The van der Waals surface area contributed by atoms with E-state index in [2.05, 4.69) is 0 Å². The SMILES string of the molecule is O=C(O)C1CC(=O)C(C2CC2=O)C(=O)C1. The fraction of sp³-hybridized carbons (Fsp3) is 0.600. The molecule has 0 saturated heterocycles. The van der Waals surface area contributed by atoms with E-state index in [1.807, 2.05) is 0 Å². The van der Waals surface area contributed by atoms with Gasteiger partial charge in [0.05, 0.1) is 11.8 Å². The maximum atomic E-state index is 11.5. The fourth-order valence-electron chi connectivity index (χ4n) is 2.08. The van der Waals surface area contributed by atoms with Gasteiger partial charge in [0.25, 0.3) is 0 Å². The van der Waals surface area contributed by atoms with Crippen LogP contribution in [0.3, 0.4) is 0 Å². The van der Waals surface area contributed by atoms with Crippen molar-refractivity contribution in [3.05, 3.63) is 0 Å². The Bertz CT molecular complexity index is 352. The van der Waals surface area contributed by atoms with E-state index in [1.54, 1.807) is 0 Å². The third-order valence-electron chi connectivity index (χ3n) is 3.02. The van der Waals surface area contributed by atoms with Gasteiger partial charge in [-0.1, -0.05) is 0 Å². The smallest absolute Gasteiger partial charge is 0.307 e. The number of aliphatic carboxylic acids is 1. The van der Waals surface area contributed by atoms with E-state index < -0.39 is 23.7 Å². The quantitative estimate of drug-likeness (QED) is 0.639. The molecule has 2 aliphatic rings. The van der Waals surface area contributed by atoms with Crippen LogP contribution < -0.4 is 0 Å². The molecule has 1 atom stereocenters. The third-order valence-corrected chi connectivity index (χ3v) is 3.02. The minimum Gasteiger partial charge on any atom is -0.481 e. The van der Waals surface area contributed by atoms with Crippen molar-refractivity contribution < 1.29 is 24.3 Å². The predicted molar refractivity (Wildman–Crippen MR) is 47.0 cm³/mol. The van der Waals surface area contributed by atoms with Crippen molar-refractivity contribution in [1.29, 1.82) is 0 Å². The summed E-state index contributed by atoms with van der Waals surface area (Å²) in [7, 11) is 0. The summed E-state index contributed by atoms with van der Waals surface area (Å²) in [5.74, 6) is -4.11. The Kier molecular flexibility index (Phi) is 2.17. The van der Waals surface area contributed by atoms with Gasteiger partial charge in [0.15, 0.2) is 0 Å². The number of ketones is 3. The Balaban J connectivity index is 2.11. The summed E-state index contributed by atoms with van der Waals surface area (Å²) in [6, 6.07) is 0. The Morgan fingerprint density at radius 2 is 1.47 bits per heavy atom. The topological polar surface area (TPSA) is 88.5 Å². The van der Waals surface area contributed by atoms with Crippen molar-refractivity contribution in [2.24, 2.45) is 17.8 Å². The first kappa shape index (κ1) is 10.0. The van der Waals surface area contributed by atoms with Crippen molar-refractivity contribution in [3.63, 3.8) is 0 Å². The molecule has 0 bridgehead atoms. The van der Waals surface area contributed by atoms with Gasteiger partial charge in [-0.2, -0.15) is 0 Å². The molecule has 0 spiro atoms. The van der Waals surface area contributed by atoms with Gasteiger partial charge in [-0.05, 0) is 0 Å². The monoisotopic (exact) mass is 210 g/mol. The Labute approximate surface area is 85.5 Å². The highest BCUT2D eigenvalue weighted by atomic mass is 16.4. The molecule has 0 aliphatic heterocycles. The predicted octanol–water partition coefficient (Wildman–Crippen LogP) is -0.176. The maximum absolute atomic E-state index is 11.5. The summed E-state index contributed by atoms with van der Waals surface area (Å²) < 4.78 is 0. The van der Waals surface area contributed by atoms with Gasteiger partial charge in [-0.15, -0.1) is 0 Å². The molecule has 0 aromatic carbocycles. The van der Waals surface area contributed by atoms with E-state index in [-0.39, 0.29) is 30.2 Å². The lowest BCUT2D eigenvalue weighted by atomic mass is 9.77. The van der Waals surface area contributed by atoms with Gasteiger partial charge >= 0.3 is 5.97 Å². The van der Waals surface area contributed by atoms with E-state index in [1.165, 1.54) is 0 Å². The van der Waals surface area contributed by atoms with Crippen LogP contribution >= 0.6 is 0 Å². The van der Waals surface area contributed by atoms with Gasteiger partial charge in [0.1, 0.15) is 17.3 Å². The molecule has 5 nitrogen and oxygen atoms in total. The molecule has 0 radical (unpaired) electrons. The van der Waals surface area contributed by atoms with Gasteiger partial charge in [0.2, 0.25) is 0 Å². The molecule has 5 heteroatoms. The highest BCUT2D eigenvalue weighted by molar-refractivity contribution is 6.13. The molecule has 0 aromatic heterocycles. The van der Waals surface area contributed by atoms with Gasteiger partial charge in [-0.3, -0.25) is 19.2 Å². The van der Waals surface area contributed by atoms with Crippen LogP contribution in [0.2, 0.25) is 0 Å². The molecule has 0 aromatic rings. The largest absolute Gasteiger partial charge is 0.481 e. The number of carbonyl (C=O) groups is 4. The minimum atomic E-state index is -1.11. The molecule has 2 rings (SSSR count). The second-order valence-electron chi connectivity index (χ2n) is 4.13. The summed E-state index contributed by atoms with van der Waals surface area (Å²) >= 11 is 0.